The molecular formula is C12H10F3NO3. The van der Waals surface area contributed by atoms with Crippen molar-refractivity contribution >= 4 is 10.9 Å². The largest absolute Gasteiger partial charge is 0.467 e. The molecule has 1 aromatic carbocycles. The maximum Gasteiger partial charge on any atom is 0.270 e. The van der Waals surface area contributed by atoms with Crippen LogP contribution in [0.4, 0.5) is 13.2 Å². The molecule has 0 bridgehead atoms. The SMILES string of the molecule is COCOc1cc2ccc(=O)[nH]c2c(F)c1C(F)F. The van der Waals surface area contributed by atoms with Crippen LogP contribution >= 0.6 is 0 Å². The number of ether oxygens (including phenoxy) is 2. The van der Waals surface area contributed by atoms with E-state index in [1.165, 1.54) is 25.3 Å². The number of aromatic amines is 1. The number of hydrogen-bond donors (Lipinski definition) is 1. The predicted octanol–water partition coefficient (Wildman–Crippen LogP) is 2.59. The molecule has 1 N–H and O–H groups in total. The van der Waals surface area contributed by atoms with Crippen LogP contribution in [0.5, 0.6) is 5.75 Å². The summed E-state index contributed by atoms with van der Waals surface area (Å²) in [6.07, 6.45) is -3.07. The third-order valence-electron chi connectivity index (χ3n) is 2.51. The number of alkyl halides is 2. The molecule has 0 unspecified atom stereocenters. The first-order valence-electron chi connectivity index (χ1n) is 5.30. The van der Waals surface area contributed by atoms with Gasteiger partial charge >= 0.3 is 0 Å². The molecule has 2 rings (SSSR count). The van der Waals surface area contributed by atoms with E-state index in [0.29, 0.717) is 0 Å². The van der Waals surface area contributed by atoms with Crippen molar-refractivity contribution in [3.8, 4) is 5.75 Å². The molecule has 4 nitrogen and oxygen atoms in total. The number of fused-ring (bicyclic) bond motifs is 1. The van der Waals surface area contributed by atoms with Crippen LogP contribution in [0.2, 0.25) is 0 Å². The zero-order chi connectivity index (χ0) is 14.0. The Balaban J connectivity index is 2.70. The van der Waals surface area contributed by atoms with Crippen LogP contribution in [-0.4, -0.2) is 18.9 Å². The molecule has 1 aromatic heterocycles. The second-order valence-corrected chi connectivity index (χ2v) is 3.74. The van der Waals surface area contributed by atoms with E-state index in [2.05, 4.69) is 9.72 Å². The van der Waals surface area contributed by atoms with Crippen LogP contribution in [0.3, 0.4) is 0 Å². The van der Waals surface area contributed by atoms with Gasteiger partial charge in [-0.2, -0.15) is 0 Å². The van der Waals surface area contributed by atoms with E-state index in [4.69, 9.17) is 4.74 Å². The Bertz CT molecular complexity index is 654. The fourth-order valence-electron chi connectivity index (χ4n) is 1.69. The average Bonchev–Trinajstić information content (AvgIpc) is 2.36. The van der Waals surface area contributed by atoms with Crippen LogP contribution in [-0.2, 0) is 4.74 Å². The molecule has 1 heterocycles. The number of halogens is 3. The zero-order valence-electron chi connectivity index (χ0n) is 9.88. The quantitative estimate of drug-likeness (QED) is 0.871. The fourth-order valence-corrected chi connectivity index (χ4v) is 1.69. The van der Waals surface area contributed by atoms with E-state index in [9.17, 15) is 18.0 Å². The molecule has 0 aliphatic heterocycles. The lowest BCUT2D eigenvalue weighted by Crippen LogP contribution is -2.08. The Morgan fingerprint density at radius 2 is 2.11 bits per heavy atom. The number of benzene rings is 1. The molecule has 0 radical (unpaired) electrons. The Kier molecular flexibility index (Phi) is 3.75. The Morgan fingerprint density at radius 1 is 1.37 bits per heavy atom. The fraction of sp³-hybridized carbons (Fsp3) is 0.250. The standard InChI is InChI=1S/C12H10F3NO3/c1-18-5-19-7-4-6-2-3-8(17)16-11(6)10(13)9(7)12(14)15/h2-4,12H,5H2,1H3,(H,16,17). The summed E-state index contributed by atoms with van der Waals surface area (Å²) in [5.74, 6) is -1.51. The molecule has 7 heteroatoms. The smallest absolute Gasteiger partial charge is 0.270 e. The summed E-state index contributed by atoms with van der Waals surface area (Å²) in [6.45, 7) is -0.284. The van der Waals surface area contributed by atoms with Crippen LogP contribution in [0.1, 0.15) is 12.0 Å². The Labute approximate surface area is 105 Å². The highest BCUT2D eigenvalue weighted by atomic mass is 19.3. The first kappa shape index (κ1) is 13.4. The summed E-state index contributed by atoms with van der Waals surface area (Å²) < 4.78 is 49.3. The molecule has 2 aromatic rings. The van der Waals surface area contributed by atoms with Crippen molar-refractivity contribution in [2.45, 2.75) is 6.43 Å². The number of H-pyrrole nitrogens is 1. The number of methoxy groups -OCH3 is 1. The second kappa shape index (κ2) is 5.31. The lowest BCUT2D eigenvalue weighted by Gasteiger charge is -2.13. The third-order valence-corrected chi connectivity index (χ3v) is 2.51. The van der Waals surface area contributed by atoms with Gasteiger partial charge in [-0.3, -0.25) is 4.79 Å². The predicted molar refractivity (Wildman–Crippen MR) is 62.0 cm³/mol. The summed E-state index contributed by atoms with van der Waals surface area (Å²) in [7, 11) is 1.32. The van der Waals surface area contributed by atoms with Crippen LogP contribution in [0, 0.1) is 5.82 Å². The van der Waals surface area contributed by atoms with Gasteiger partial charge in [0.25, 0.3) is 6.43 Å². The van der Waals surface area contributed by atoms with Crippen molar-refractivity contribution in [1.82, 2.24) is 4.98 Å². The van der Waals surface area contributed by atoms with Crippen molar-refractivity contribution in [3.05, 3.63) is 39.9 Å². The zero-order valence-corrected chi connectivity index (χ0v) is 9.88. The summed E-state index contributed by atoms with van der Waals surface area (Å²) in [5, 5.41) is 0.257. The summed E-state index contributed by atoms with van der Waals surface area (Å²) in [6, 6.07) is 3.73. The molecule has 0 fully saturated rings. The van der Waals surface area contributed by atoms with Crippen LogP contribution < -0.4 is 10.3 Å². The van der Waals surface area contributed by atoms with E-state index < -0.39 is 23.4 Å². The highest BCUT2D eigenvalue weighted by Crippen LogP contribution is 2.35. The normalized spacial score (nSPS) is 11.2. The summed E-state index contributed by atoms with van der Waals surface area (Å²) >= 11 is 0. The van der Waals surface area contributed by atoms with Gasteiger partial charge in [-0.1, -0.05) is 0 Å². The number of rotatable bonds is 4. The number of aromatic nitrogens is 1. The van der Waals surface area contributed by atoms with Gasteiger partial charge in [-0.25, -0.2) is 13.2 Å². The minimum absolute atomic E-state index is 0.257. The van der Waals surface area contributed by atoms with Gasteiger partial charge in [0.2, 0.25) is 5.56 Å². The van der Waals surface area contributed by atoms with Gasteiger partial charge in [0, 0.05) is 18.6 Å². The Morgan fingerprint density at radius 3 is 2.74 bits per heavy atom. The first-order chi connectivity index (χ1) is 9.04. The molecule has 0 saturated carbocycles. The monoisotopic (exact) mass is 273 g/mol. The van der Waals surface area contributed by atoms with Crippen molar-refractivity contribution in [3.63, 3.8) is 0 Å². The molecule has 0 spiro atoms. The van der Waals surface area contributed by atoms with Crippen molar-refractivity contribution in [1.29, 1.82) is 0 Å². The first-order valence-corrected chi connectivity index (χ1v) is 5.30. The van der Waals surface area contributed by atoms with E-state index in [1.54, 1.807) is 0 Å². The van der Waals surface area contributed by atoms with E-state index in [1.807, 2.05) is 0 Å². The van der Waals surface area contributed by atoms with Crippen molar-refractivity contribution in [2.75, 3.05) is 13.9 Å². The molecule has 102 valence electrons. The Hall–Kier alpha value is -2.02. The number of nitrogens with one attached hydrogen (secondary N) is 1. The third kappa shape index (κ3) is 2.55. The minimum atomic E-state index is -3.07. The van der Waals surface area contributed by atoms with Crippen molar-refractivity contribution in [2.24, 2.45) is 0 Å². The van der Waals surface area contributed by atoms with Gasteiger partial charge in [-0.05, 0) is 12.1 Å². The van der Waals surface area contributed by atoms with Crippen LogP contribution in [0.25, 0.3) is 10.9 Å². The van der Waals surface area contributed by atoms with Gasteiger partial charge in [-0.15, -0.1) is 0 Å². The average molecular weight is 273 g/mol. The molecule has 0 aliphatic carbocycles. The molecule has 0 aliphatic rings. The second-order valence-electron chi connectivity index (χ2n) is 3.74. The van der Waals surface area contributed by atoms with E-state index in [0.717, 1.165) is 0 Å². The van der Waals surface area contributed by atoms with E-state index in [-0.39, 0.29) is 23.4 Å². The highest BCUT2D eigenvalue weighted by Gasteiger charge is 2.23. The lowest BCUT2D eigenvalue weighted by atomic mass is 10.1. The maximum atomic E-state index is 14.0. The number of pyridine rings is 1. The molecule has 0 saturated heterocycles. The molecule has 19 heavy (non-hydrogen) atoms. The molecular weight excluding hydrogens is 263 g/mol. The van der Waals surface area contributed by atoms with Gasteiger partial charge in [0.05, 0.1) is 11.1 Å². The van der Waals surface area contributed by atoms with Gasteiger partial charge in [0.15, 0.2) is 12.6 Å². The van der Waals surface area contributed by atoms with Crippen molar-refractivity contribution < 1.29 is 22.6 Å². The highest BCUT2D eigenvalue weighted by molar-refractivity contribution is 5.82. The minimum Gasteiger partial charge on any atom is -0.467 e. The maximum absolute atomic E-state index is 14.0. The van der Waals surface area contributed by atoms with Crippen LogP contribution in [0.15, 0.2) is 23.0 Å². The topological polar surface area (TPSA) is 51.3 Å². The summed E-state index contributed by atoms with van der Waals surface area (Å²) in [5.41, 5.74) is -1.74. The van der Waals surface area contributed by atoms with Gasteiger partial charge in [0.1, 0.15) is 5.75 Å². The lowest BCUT2D eigenvalue weighted by molar-refractivity contribution is 0.0462. The molecule has 0 atom stereocenters. The summed E-state index contributed by atoms with van der Waals surface area (Å²) in [4.78, 5) is 13.3. The van der Waals surface area contributed by atoms with E-state index >= 15 is 0 Å². The number of hydrogen-bond acceptors (Lipinski definition) is 3. The molecule has 0 amide bonds. The van der Waals surface area contributed by atoms with Gasteiger partial charge < -0.3 is 14.5 Å².